The molecule has 1 aromatic carbocycles. The van der Waals surface area contributed by atoms with E-state index in [0.717, 1.165) is 29.7 Å². The van der Waals surface area contributed by atoms with Gasteiger partial charge in [0.05, 0.1) is 0 Å². The zero-order chi connectivity index (χ0) is 16.2. The highest BCUT2D eigenvalue weighted by atomic mass is 16.5. The molecule has 1 aromatic heterocycles. The van der Waals surface area contributed by atoms with Crippen molar-refractivity contribution in [3.63, 3.8) is 0 Å². The molecule has 0 atom stereocenters. The third kappa shape index (κ3) is 3.70. The van der Waals surface area contributed by atoms with Gasteiger partial charge in [0.2, 0.25) is 5.88 Å². The van der Waals surface area contributed by atoms with E-state index in [1.165, 1.54) is 12.8 Å². The van der Waals surface area contributed by atoms with Crippen LogP contribution in [0.4, 0.5) is 5.69 Å². The Morgan fingerprint density at radius 2 is 1.87 bits per heavy atom. The molecule has 2 aromatic rings. The van der Waals surface area contributed by atoms with E-state index in [-0.39, 0.29) is 12.0 Å². The van der Waals surface area contributed by atoms with E-state index in [1.54, 1.807) is 18.3 Å². The van der Waals surface area contributed by atoms with Gasteiger partial charge in [-0.25, -0.2) is 4.98 Å². The molecule has 0 radical (unpaired) electrons. The molecule has 0 saturated heterocycles. The standard InChI is InChI=1S/C19H22N2O2/c1-13-6-5-7-14(2)18(13)21-19(22)15-10-11-20-17(12-15)23-16-8-3-4-9-16/h5-7,10-12,16H,3-4,8-9H2,1-2H3,(H,21,22). The number of aryl methyl sites for hydroxylation is 2. The zero-order valence-corrected chi connectivity index (χ0v) is 13.6. The molecule has 4 nitrogen and oxygen atoms in total. The smallest absolute Gasteiger partial charge is 0.255 e. The van der Waals surface area contributed by atoms with Crippen LogP contribution in [0.25, 0.3) is 0 Å². The van der Waals surface area contributed by atoms with Crippen molar-refractivity contribution in [3.8, 4) is 5.88 Å². The number of ether oxygens (including phenoxy) is 1. The van der Waals surface area contributed by atoms with E-state index < -0.39 is 0 Å². The lowest BCUT2D eigenvalue weighted by molar-refractivity contribution is 0.102. The van der Waals surface area contributed by atoms with Crippen LogP contribution >= 0.6 is 0 Å². The highest BCUT2D eigenvalue weighted by Gasteiger charge is 2.18. The molecule has 3 rings (SSSR count). The largest absolute Gasteiger partial charge is 0.474 e. The quantitative estimate of drug-likeness (QED) is 0.917. The average Bonchev–Trinajstić information content (AvgIpc) is 3.04. The molecule has 0 aliphatic heterocycles. The second-order valence-corrected chi connectivity index (χ2v) is 6.13. The van der Waals surface area contributed by atoms with Crippen molar-refractivity contribution in [1.82, 2.24) is 4.98 Å². The van der Waals surface area contributed by atoms with Gasteiger partial charge in [0.25, 0.3) is 5.91 Å². The van der Waals surface area contributed by atoms with Crippen LogP contribution in [0.5, 0.6) is 5.88 Å². The monoisotopic (exact) mass is 310 g/mol. The van der Waals surface area contributed by atoms with Crippen molar-refractivity contribution in [2.24, 2.45) is 0 Å². The van der Waals surface area contributed by atoms with Gasteiger partial charge in [-0.3, -0.25) is 4.79 Å². The minimum absolute atomic E-state index is 0.138. The van der Waals surface area contributed by atoms with E-state index in [9.17, 15) is 4.79 Å². The fourth-order valence-electron chi connectivity index (χ4n) is 2.99. The normalized spacial score (nSPS) is 14.7. The number of amides is 1. The first-order valence-corrected chi connectivity index (χ1v) is 8.14. The maximum atomic E-state index is 12.5. The molecule has 1 N–H and O–H groups in total. The van der Waals surface area contributed by atoms with Crippen molar-refractivity contribution in [3.05, 3.63) is 53.2 Å². The Balaban J connectivity index is 1.74. The first-order valence-electron chi connectivity index (χ1n) is 8.14. The molecular formula is C19H22N2O2. The van der Waals surface area contributed by atoms with Crippen LogP contribution in [-0.2, 0) is 0 Å². The number of hydrogen-bond acceptors (Lipinski definition) is 3. The van der Waals surface area contributed by atoms with Crippen molar-refractivity contribution >= 4 is 11.6 Å². The first-order chi connectivity index (χ1) is 11.1. The number of nitrogens with zero attached hydrogens (tertiary/aromatic N) is 1. The Morgan fingerprint density at radius 3 is 2.57 bits per heavy atom. The van der Waals surface area contributed by atoms with Crippen molar-refractivity contribution in [2.45, 2.75) is 45.6 Å². The number of para-hydroxylation sites is 1. The van der Waals surface area contributed by atoms with Gasteiger partial charge in [-0.2, -0.15) is 0 Å². The van der Waals surface area contributed by atoms with Crippen molar-refractivity contribution < 1.29 is 9.53 Å². The van der Waals surface area contributed by atoms with Crippen LogP contribution in [0.2, 0.25) is 0 Å². The summed E-state index contributed by atoms with van der Waals surface area (Å²) in [6, 6.07) is 9.40. The summed E-state index contributed by atoms with van der Waals surface area (Å²) in [6.45, 7) is 3.98. The van der Waals surface area contributed by atoms with Gasteiger partial charge in [-0.05, 0) is 56.7 Å². The third-order valence-corrected chi connectivity index (χ3v) is 4.31. The van der Waals surface area contributed by atoms with Gasteiger partial charge in [0.15, 0.2) is 0 Å². The lowest BCUT2D eigenvalue weighted by Gasteiger charge is -2.14. The third-order valence-electron chi connectivity index (χ3n) is 4.31. The summed E-state index contributed by atoms with van der Waals surface area (Å²) in [5, 5.41) is 2.99. The van der Waals surface area contributed by atoms with Crippen molar-refractivity contribution in [2.75, 3.05) is 5.32 Å². The minimum atomic E-state index is -0.138. The maximum absolute atomic E-state index is 12.5. The summed E-state index contributed by atoms with van der Waals surface area (Å²) in [5.74, 6) is 0.395. The van der Waals surface area contributed by atoms with Crippen LogP contribution in [-0.4, -0.2) is 17.0 Å². The lowest BCUT2D eigenvalue weighted by atomic mass is 10.1. The number of pyridine rings is 1. The highest BCUT2D eigenvalue weighted by Crippen LogP contribution is 2.24. The summed E-state index contributed by atoms with van der Waals surface area (Å²) in [4.78, 5) is 16.7. The van der Waals surface area contributed by atoms with E-state index in [2.05, 4.69) is 10.3 Å². The van der Waals surface area contributed by atoms with E-state index in [1.807, 2.05) is 32.0 Å². The Hall–Kier alpha value is -2.36. The second kappa shape index (κ2) is 6.82. The maximum Gasteiger partial charge on any atom is 0.255 e. The SMILES string of the molecule is Cc1cccc(C)c1NC(=O)c1ccnc(OC2CCCC2)c1. The van der Waals surface area contributed by atoms with Gasteiger partial charge >= 0.3 is 0 Å². The summed E-state index contributed by atoms with van der Waals surface area (Å²) in [7, 11) is 0. The van der Waals surface area contributed by atoms with Crippen LogP contribution in [0.3, 0.4) is 0 Å². The molecule has 23 heavy (non-hydrogen) atoms. The molecule has 1 aliphatic carbocycles. The number of benzene rings is 1. The fraction of sp³-hybridized carbons (Fsp3) is 0.368. The van der Waals surface area contributed by atoms with Gasteiger partial charge < -0.3 is 10.1 Å². The molecular weight excluding hydrogens is 288 g/mol. The number of nitrogens with one attached hydrogen (secondary N) is 1. The van der Waals surface area contributed by atoms with Crippen LogP contribution in [0.15, 0.2) is 36.5 Å². The highest BCUT2D eigenvalue weighted by molar-refractivity contribution is 6.05. The molecule has 0 bridgehead atoms. The number of aromatic nitrogens is 1. The predicted octanol–water partition coefficient (Wildman–Crippen LogP) is 4.27. The number of anilines is 1. The summed E-state index contributed by atoms with van der Waals surface area (Å²) < 4.78 is 5.87. The molecule has 1 amide bonds. The molecule has 1 fully saturated rings. The fourth-order valence-corrected chi connectivity index (χ4v) is 2.99. The van der Waals surface area contributed by atoms with Gasteiger partial charge in [0.1, 0.15) is 6.10 Å². The predicted molar refractivity (Wildman–Crippen MR) is 91.0 cm³/mol. The summed E-state index contributed by atoms with van der Waals surface area (Å²) in [6.07, 6.45) is 6.42. The number of hydrogen-bond donors (Lipinski definition) is 1. The molecule has 120 valence electrons. The molecule has 0 unspecified atom stereocenters. The Morgan fingerprint density at radius 1 is 1.17 bits per heavy atom. The minimum Gasteiger partial charge on any atom is -0.474 e. The lowest BCUT2D eigenvalue weighted by Crippen LogP contribution is -2.15. The number of rotatable bonds is 4. The van der Waals surface area contributed by atoms with E-state index in [4.69, 9.17) is 4.74 Å². The topological polar surface area (TPSA) is 51.2 Å². The zero-order valence-electron chi connectivity index (χ0n) is 13.6. The second-order valence-electron chi connectivity index (χ2n) is 6.13. The summed E-state index contributed by atoms with van der Waals surface area (Å²) in [5.41, 5.74) is 3.54. The van der Waals surface area contributed by atoms with Crippen LogP contribution in [0.1, 0.15) is 47.2 Å². The Kier molecular flexibility index (Phi) is 4.60. The first kappa shape index (κ1) is 15.5. The molecule has 0 spiro atoms. The van der Waals surface area contributed by atoms with Gasteiger partial charge in [-0.15, -0.1) is 0 Å². The average molecular weight is 310 g/mol. The molecule has 1 saturated carbocycles. The number of carbonyl (C=O) groups excluding carboxylic acids is 1. The molecule has 1 aliphatic rings. The van der Waals surface area contributed by atoms with E-state index in [0.29, 0.717) is 11.4 Å². The van der Waals surface area contributed by atoms with Gasteiger partial charge in [0, 0.05) is 23.5 Å². The molecule has 1 heterocycles. The van der Waals surface area contributed by atoms with Gasteiger partial charge in [-0.1, -0.05) is 18.2 Å². The van der Waals surface area contributed by atoms with Crippen molar-refractivity contribution in [1.29, 1.82) is 0 Å². The Labute approximate surface area is 136 Å². The van der Waals surface area contributed by atoms with E-state index >= 15 is 0 Å². The Bertz CT molecular complexity index is 686. The number of carbonyl (C=O) groups is 1. The molecule has 4 heteroatoms. The van der Waals surface area contributed by atoms with Crippen LogP contribution < -0.4 is 10.1 Å². The summed E-state index contributed by atoms with van der Waals surface area (Å²) >= 11 is 0. The van der Waals surface area contributed by atoms with Crippen LogP contribution in [0, 0.1) is 13.8 Å².